The lowest BCUT2D eigenvalue weighted by Crippen LogP contribution is -2.08. The van der Waals surface area contributed by atoms with E-state index in [-0.39, 0.29) is 5.82 Å². The first kappa shape index (κ1) is 16.5. The van der Waals surface area contributed by atoms with Gasteiger partial charge in [-0.1, -0.05) is 37.7 Å². The number of halogens is 1. The lowest BCUT2D eigenvalue weighted by molar-refractivity contribution is 0.496. The van der Waals surface area contributed by atoms with E-state index in [4.69, 9.17) is 5.26 Å². The van der Waals surface area contributed by atoms with Crippen molar-refractivity contribution in [3.05, 3.63) is 30.1 Å². The minimum atomic E-state index is -0.291. The Morgan fingerprint density at radius 2 is 2.09 bits per heavy atom. The zero-order valence-corrected chi connectivity index (χ0v) is 13.6. The van der Waals surface area contributed by atoms with E-state index in [1.165, 1.54) is 6.07 Å². The molecule has 0 unspecified atom stereocenters. The van der Waals surface area contributed by atoms with Crippen LogP contribution in [0.4, 0.5) is 4.39 Å². The van der Waals surface area contributed by atoms with Crippen molar-refractivity contribution in [3.63, 3.8) is 0 Å². The highest BCUT2D eigenvalue weighted by Gasteiger charge is 2.17. The quantitative estimate of drug-likeness (QED) is 0.569. The van der Waals surface area contributed by atoms with Crippen LogP contribution in [0.3, 0.4) is 0 Å². The summed E-state index contributed by atoms with van der Waals surface area (Å²) in [5.74, 6) is 1.48. The summed E-state index contributed by atoms with van der Waals surface area (Å²) in [7, 11) is 0. The molecule has 0 amide bonds. The molecule has 0 N–H and O–H groups in total. The number of hydrogen-bond donors (Lipinski definition) is 0. The minimum absolute atomic E-state index is 0.291. The van der Waals surface area contributed by atoms with Gasteiger partial charge >= 0.3 is 0 Å². The maximum absolute atomic E-state index is 14.0. The van der Waals surface area contributed by atoms with E-state index in [2.05, 4.69) is 30.1 Å². The molecule has 2 rings (SSSR count). The van der Waals surface area contributed by atoms with Crippen LogP contribution in [-0.2, 0) is 6.54 Å². The molecular formula is C16H19FN4S. The van der Waals surface area contributed by atoms with Gasteiger partial charge in [-0.25, -0.2) is 4.39 Å². The van der Waals surface area contributed by atoms with Gasteiger partial charge in [0, 0.05) is 18.7 Å². The van der Waals surface area contributed by atoms with Crippen LogP contribution >= 0.6 is 11.8 Å². The van der Waals surface area contributed by atoms with Crippen molar-refractivity contribution in [2.45, 2.75) is 38.4 Å². The van der Waals surface area contributed by atoms with Crippen LogP contribution < -0.4 is 0 Å². The van der Waals surface area contributed by atoms with E-state index < -0.39 is 0 Å². The van der Waals surface area contributed by atoms with E-state index in [9.17, 15) is 4.39 Å². The number of nitrogens with zero attached hydrogens (tertiary/aromatic N) is 4. The standard InChI is InChI=1S/C16H19FN4S/c1-12(2)11-21-15(13-7-3-4-8-14(13)17)19-20-16(21)22-10-6-5-9-18/h3-4,7-8,12H,5-6,10-11H2,1-2H3. The Balaban J connectivity index is 2.28. The van der Waals surface area contributed by atoms with Crippen LogP contribution in [0.1, 0.15) is 26.7 Å². The average Bonchev–Trinajstić information content (AvgIpc) is 2.86. The van der Waals surface area contributed by atoms with Gasteiger partial charge in [0.1, 0.15) is 5.82 Å². The van der Waals surface area contributed by atoms with Crippen molar-refractivity contribution in [1.82, 2.24) is 14.8 Å². The molecular weight excluding hydrogens is 299 g/mol. The van der Waals surface area contributed by atoms with Crippen molar-refractivity contribution < 1.29 is 4.39 Å². The average molecular weight is 318 g/mol. The molecule has 22 heavy (non-hydrogen) atoms. The fraction of sp³-hybridized carbons (Fsp3) is 0.438. The van der Waals surface area contributed by atoms with Gasteiger partial charge in [-0.2, -0.15) is 5.26 Å². The largest absolute Gasteiger partial charge is 0.302 e. The van der Waals surface area contributed by atoms with Gasteiger partial charge < -0.3 is 4.57 Å². The molecule has 116 valence electrons. The summed E-state index contributed by atoms with van der Waals surface area (Å²) in [6, 6.07) is 8.75. The van der Waals surface area contributed by atoms with Gasteiger partial charge in [0.05, 0.1) is 11.6 Å². The van der Waals surface area contributed by atoms with Crippen molar-refractivity contribution in [3.8, 4) is 17.5 Å². The first-order chi connectivity index (χ1) is 10.6. The third-order valence-corrected chi connectivity index (χ3v) is 4.10. The second-order valence-electron chi connectivity index (χ2n) is 5.40. The van der Waals surface area contributed by atoms with Crippen LogP contribution in [0, 0.1) is 23.1 Å². The van der Waals surface area contributed by atoms with Crippen LogP contribution in [0.25, 0.3) is 11.4 Å². The fourth-order valence-corrected chi connectivity index (χ4v) is 2.97. The highest BCUT2D eigenvalue weighted by molar-refractivity contribution is 7.99. The Bertz CT molecular complexity index is 660. The molecule has 0 radical (unpaired) electrons. The van der Waals surface area contributed by atoms with Crippen molar-refractivity contribution in [2.24, 2.45) is 5.92 Å². The molecule has 0 bridgehead atoms. The Hall–Kier alpha value is -1.87. The van der Waals surface area contributed by atoms with Crippen molar-refractivity contribution in [2.75, 3.05) is 5.75 Å². The monoisotopic (exact) mass is 318 g/mol. The number of thioether (sulfide) groups is 1. The molecule has 0 aliphatic heterocycles. The lowest BCUT2D eigenvalue weighted by Gasteiger charge is -2.12. The highest BCUT2D eigenvalue weighted by Crippen LogP contribution is 2.27. The van der Waals surface area contributed by atoms with Gasteiger partial charge in [-0.15, -0.1) is 10.2 Å². The van der Waals surface area contributed by atoms with Crippen LogP contribution in [-0.4, -0.2) is 20.5 Å². The predicted molar refractivity (Wildman–Crippen MR) is 85.8 cm³/mol. The first-order valence-corrected chi connectivity index (χ1v) is 8.30. The van der Waals surface area contributed by atoms with E-state index in [0.717, 1.165) is 23.9 Å². The number of unbranched alkanes of at least 4 members (excludes halogenated alkanes) is 1. The van der Waals surface area contributed by atoms with Crippen molar-refractivity contribution >= 4 is 11.8 Å². The predicted octanol–water partition coefficient (Wildman–Crippen LogP) is 4.14. The number of nitriles is 1. The molecule has 0 saturated heterocycles. The van der Waals surface area contributed by atoms with Gasteiger partial charge in [0.15, 0.2) is 11.0 Å². The van der Waals surface area contributed by atoms with Gasteiger partial charge in [-0.05, 0) is 24.5 Å². The number of benzene rings is 1. The molecule has 4 nitrogen and oxygen atoms in total. The summed E-state index contributed by atoms with van der Waals surface area (Å²) in [4.78, 5) is 0. The second kappa shape index (κ2) is 7.95. The third-order valence-electron chi connectivity index (χ3n) is 3.04. The fourth-order valence-electron chi connectivity index (χ4n) is 2.08. The zero-order valence-electron chi connectivity index (χ0n) is 12.8. The van der Waals surface area contributed by atoms with Gasteiger partial charge in [0.25, 0.3) is 0 Å². The number of aromatic nitrogens is 3. The summed E-state index contributed by atoms with van der Waals surface area (Å²) < 4.78 is 16.0. The maximum atomic E-state index is 14.0. The first-order valence-electron chi connectivity index (χ1n) is 7.31. The summed E-state index contributed by atoms with van der Waals surface area (Å²) in [6.45, 7) is 4.95. The Kier molecular flexibility index (Phi) is 5.96. The molecule has 1 aromatic carbocycles. The van der Waals surface area contributed by atoms with E-state index in [0.29, 0.717) is 23.7 Å². The van der Waals surface area contributed by atoms with Gasteiger partial charge in [0.2, 0.25) is 0 Å². The Morgan fingerprint density at radius 3 is 2.77 bits per heavy atom. The highest BCUT2D eigenvalue weighted by atomic mass is 32.2. The number of rotatable bonds is 7. The molecule has 6 heteroatoms. The third kappa shape index (κ3) is 4.08. The second-order valence-corrected chi connectivity index (χ2v) is 6.46. The summed E-state index contributed by atoms with van der Waals surface area (Å²) in [6.07, 6.45) is 1.34. The van der Waals surface area contributed by atoms with E-state index in [1.54, 1.807) is 30.0 Å². The van der Waals surface area contributed by atoms with Gasteiger partial charge in [-0.3, -0.25) is 0 Å². The molecule has 2 aromatic rings. The number of hydrogen-bond acceptors (Lipinski definition) is 4. The van der Waals surface area contributed by atoms with Crippen LogP contribution in [0.5, 0.6) is 0 Å². The molecule has 1 aromatic heterocycles. The lowest BCUT2D eigenvalue weighted by atomic mass is 10.2. The van der Waals surface area contributed by atoms with Crippen LogP contribution in [0.15, 0.2) is 29.4 Å². The molecule has 0 aliphatic rings. The SMILES string of the molecule is CC(C)Cn1c(SCCCC#N)nnc1-c1ccccc1F. The minimum Gasteiger partial charge on any atom is -0.302 e. The smallest absolute Gasteiger partial charge is 0.191 e. The normalized spacial score (nSPS) is 10.9. The molecule has 0 saturated carbocycles. The van der Waals surface area contributed by atoms with E-state index >= 15 is 0 Å². The summed E-state index contributed by atoms with van der Waals surface area (Å²) >= 11 is 1.57. The van der Waals surface area contributed by atoms with Crippen LogP contribution in [0.2, 0.25) is 0 Å². The molecule has 0 aliphatic carbocycles. The molecule has 0 spiro atoms. The topological polar surface area (TPSA) is 54.5 Å². The Morgan fingerprint density at radius 1 is 1.32 bits per heavy atom. The summed E-state index contributed by atoms with van der Waals surface area (Å²) in [5, 5.41) is 17.8. The Labute approximate surface area is 134 Å². The molecule has 0 atom stereocenters. The molecule has 1 heterocycles. The summed E-state index contributed by atoms with van der Waals surface area (Å²) in [5.41, 5.74) is 0.472. The van der Waals surface area contributed by atoms with E-state index in [1.807, 2.05) is 4.57 Å². The maximum Gasteiger partial charge on any atom is 0.191 e. The zero-order chi connectivity index (χ0) is 15.9. The molecule has 0 fully saturated rings. The van der Waals surface area contributed by atoms with Crippen molar-refractivity contribution in [1.29, 1.82) is 5.26 Å².